The average Bonchev–Trinajstić information content (AvgIpc) is 2.44. The van der Waals surface area contributed by atoms with Gasteiger partial charge in [-0.1, -0.05) is 23.7 Å². The van der Waals surface area contributed by atoms with E-state index < -0.39 is 0 Å². The molecule has 0 heteroatoms. The second-order valence-corrected chi connectivity index (χ2v) is 3.68. The van der Waals surface area contributed by atoms with Crippen molar-refractivity contribution >= 4 is 10.8 Å². The van der Waals surface area contributed by atoms with Crippen molar-refractivity contribution in [2.45, 2.75) is 0 Å². The molecular formula is C18H8. The predicted molar refractivity (Wildman–Crippen MR) is 75.7 cm³/mol. The third kappa shape index (κ3) is 1.60. The minimum atomic E-state index is 0.649. The second kappa shape index (κ2) is 4.44. The molecule has 2 aromatic carbocycles. The summed E-state index contributed by atoms with van der Waals surface area (Å²) in [4.78, 5) is 0. The van der Waals surface area contributed by atoms with Crippen LogP contribution in [0, 0.1) is 49.4 Å². The minimum Gasteiger partial charge on any atom is -0.115 e. The van der Waals surface area contributed by atoms with Crippen LogP contribution in [0.3, 0.4) is 0 Å². The van der Waals surface area contributed by atoms with E-state index in [0.29, 0.717) is 11.1 Å². The maximum absolute atomic E-state index is 5.48. The molecule has 0 spiro atoms. The standard InChI is InChI=1S/C18H8/c1-5-13-9-10-14(6-2)18-12-16(8-4)15(7-3)11-17(13)18/h1-4,9-12H. The van der Waals surface area contributed by atoms with Gasteiger partial charge in [0.05, 0.1) is 0 Å². The number of hydrogen-bond acceptors (Lipinski definition) is 0. The first kappa shape index (κ1) is 11.4. The molecule has 0 bridgehead atoms. The molecule has 0 radical (unpaired) electrons. The molecule has 2 aromatic rings. The zero-order valence-electron chi connectivity index (χ0n) is 9.62. The van der Waals surface area contributed by atoms with Crippen LogP contribution in [0.1, 0.15) is 22.3 Å². The normalized spacial score (nSPS) is 8.89. The lowest BCUT2D eigenvalue weighted by Crippen LogP contribution is -1.90. The van der Waals surface area contributed by atoms with Gasteiger partial charge in [-0.15, -0.1) is 25.7 Å². The van der Waals surface area contributed by atoms with Gasteiger partial charge in [0.2, 0.25) is 0 Å². The first-order valence-electron chi connectivity index (χ1n) is 5.22. The summed E-state index contributed by atoms with van der Waals surface area (Å²) in [5, 5.41) is 1.72. The van der Waals surface area contributed by atoms with Gasteiger partial charge in [0.15, 0.2) is 0 Å². The zero-order valence-corrected chi connectivity index (χ0v) is 9.62. The topological polar surface area (TPSA) is 0 Å². The first-order chi connectivity index (χ1) is 8.74. The molecule has 0 aliphatic heterocycles. The van der Waals surface area contributed by atoms with Crippen LogP contribution in [0.25, 0.3) is 10.8 Å². The van der Waals surface area contributed by atoms with Crippen LogP contribution in [-0.2, 0) is 0 Å². The van der Waals surface area contributed by atoms with Gasteiger partial charge >= 0.3 is 0 Å². The van der Waals surface area contributed by atoms with E-state index in [0.717, 1.165) is 21.9 Å². The molecular weight excluding hydrogens is 216 g/mol. The van der Waals surface area contributed by atoms with Crippen LogP contribution in [0.5, 0.6) is 0 Å². The van der Waals surface area contributed by atoms with Crippen LogP contribution < -0.4 is 0 Å². The lowest BCUT2D eigenvalue weighted by atomic mass is 9.95. The predicted octanol–water partition coefficient (Wildman–Crippen LogP) is 2.77. The largest absolute Gasteiger partial charge is 0.115 e. The summed E-state index contributed by atoms with van der Waals surface area (Å²) in [7, 11) is 0. The van der Waals surface area contributed by atoms with E-state index in [1.54, 1.807) is 0 Å². The number of hydrogen-bond donors (Lipinski definition) is 0. The molecule has 0 saturated heterocycles. The lowest BCUT2D eigenvalue weighted by molar-refractivity contribution is 1.61. The summed E-state index contributed by atoms with van der Waals surface area (Å²) in [6.45, 7) is 0. The fourth-order valence-electron chi connectivity index (χ4n) is 1.88. The molecule has 0 amide bonds. The van der Waals surface area contributed by atoms with E-state index in [9.17, 15) is 0 Å². The number of rotatable bonds is 0. The van der Waals surface area contributed by atoms with Gasteiger partial charge in [-0.25, -0.2) is 0 Å². The number of benzene rings is 2. The molecule has 0 nitrogen and oxygen atoms in total. The third-order valence-electron chi connectivity index (χ3n) is 2.78. The van der Waals surface area contributed by atoms with E-state index in [4.69, 9.17) is 25.7 Å². The van der Waals surface area contributed by atoms with Gasteiger partial charge < -0.3 is 0 Å². The van der Waals surface area contributed by atoms with E-state index >= 15 is 0 Å². The number of terminal acetylenes is 4. The Morgan fingerprint density at radius 3 is 1.17 bits per heavy atom. The Hall–Kier alpha value is -3.06. The molecule has 80 valence electrons. The van der Waals surface area contributed by atoms with Crippen LogP contribution in [-0.4, -0.2) is 0 Å². The summed E-state index contributed by atoms with van der Waals surface area (Å²) in [6.07, 6.45) is 21.8. The van der Waals surface area contributed by atoms with Crippen LogP contribution in [0.15, 0.2) is 24.3 Å². The van der Waals surface area contributed by atoms with Gasteiger partial charge in [-0.3, -0.25) is 0 Å². The molecule has 0 aliphatic rings. The molecule has 0 heterocycles. The molecule has 0 aromatic heterocycles. The molecule has 0 unspecified atom stereocenters. The van der Waals surface area contributed by atoms with Crippen molar-refractivity contribution in [1.29, 1.82) is 0 Å². The smallest absolute Gasteiger partial charge is 0.0405 e. The Kier molecular flexibility index (Phi) is 2.82. The van der Waals surface area contributed by atoms with Crippen LogP contribution in [0.2, 0.25) is 0 Å². The summed E-state index contributed by atoms with van der Waals surface area (Å²) in [5.41, 5.74) is 2.81. The molecule has 0 aliphatic carbocycles. The Balaban J connectivity index is 3.03. The highest BCUT2D eigenvalue weighted by Crippen LogP contribution is 2.25. The fraction of sp³-hybridized carbons (Fsp3) is 0. The van der Waals surface area contributed by atoms with Gasteiger partial charge in [-0.2, -0.15) is 0 Å². The van der Waals surface area contributed by atoms with Gasteiger partial charge in [0.25, 0.3) is 0 Å². The molecule has 0 atom stereocenters. The van der Waals surface area contributed by atoms with E-state index in [1.807, 2.05) is 24.3 Å². The summed E-state index contributed by atoms with van der Waals surface area (Å²) in [6, 6.07) is 7.27. The Morgan fingerprint density at radius 2 is 0.889 bits per heavy atom. The highest BCUT2D eigenvalue weighted by Gasteiger charge is 2.07. The van der Waals surface area contributed by atoms with Crippen molar-refractivity contribution < 1.29 is 0 Å². The zero-order chi connectivity index (χ0) is 13.1. The van der Waals surface area contributed by atoms with Crippen LogP contribution >= 0.6 is 0 Å². The lowest BCUT2D eigenvalue weighted by Gasteiger charge is -2.07. The summed E-state index contributed by atoms with van der Waals surface area (Å²) < 4.78 is 0. The second-order valence-electron chi connectivity index (χ2n) is 3.68. The highest BCUT2D eigenvalue weighted by atomic mass is 14.1. The SMILES string of the molecule is C#Cc1cc2c(C#C)ccc(C#C)c2cc1C#C. The minimum absolute atomic E-state index is 0.649. The van der Waals surface area contributed by atoms with Crippen molar-refractivity contribution in [2.75, 3.05) is 0 Å². The maximum atomic E-state index is 5.48. The third-order valence-corrected chi connectivity index (χ3v) is 2.78. The molecule has 0 N–H and O–H groups in total. The molecule has 18 heavy (non-hydrogen) atoms. The van der Waals surface area contributed by atoms with Crippen LogP contribution in [0.4, 0.5) is 0 Å². The molecule has 2 rings (SSSR count). The van der Waals surface area contributed by atoms with E-state index in [1.165, 1.54) is 0 Å². The Bertz CT molecular complexity index is 736. The van der Waals surface area contributed by atoms with Crippen molar-refractivity contribution in [3.8, 4) is 49.4 Å². The quantitative estimate of drug-likeness (QED) is 0.604. The van der Waals surface area contributed by atoms with Gasteiger partial charge in [-0.05, 0) is 35.0 Å². The van der Waals surface area contributed by atoms with Gasteiger partial charge in [0, 0.05) is 22.3 Å². The van der Waals surface area contributed by atoms with Gasteiger partial charge in [0.1, 0.15) is 0 Å². The Labute approximate surface area is 107 Å². The first-order valence-corrected chi connectivity index (χ1v) is 5.22. The molecule has 0 saturated carbocycles. The summed E-state index contributed by atoms with van der Waals surface area (Å²) in [5.74, 6) is 10.4. The van der Waals surface area contributed by atoms with E-state index in [2.05, 4.69) is 23.7 Å². The van der Waals surface area contributed by atoms with Crippen molar-refractivity contribution in [3.63, 3.8) is 0 Å². The maximum Gasteiger partial charge on any atom is 0.0405 e. The highest BCUT2D eigenvalue weighted by molar-refractivity contribution is 5.95. The van der Waals surface area contributed by atoms with Crippen molar-refractivity contribution in [2.24, 2.45) is 0 Å². The number of fused-ring (bicyclic) bond motifs is 1. The average molecular weight is 224 g/mol. The van der Waals surface area contributed by atoms with Crippen molar-refractivity contribution in [3.05, 3.63) is 46.5 Å². The van der Waals surface area contributed by atoms with Crippen molar-refractivity contribution in [1.82, 2.24) is 0 Å². The molecule has 0 fully saturated rings. The fourth-order valence-corrected chi connectivity index (χ4v) is 1.88. The summed E-state index contributed by atoms with van der Waals surface area (Å²) >= 11 is 0. The Morgan fingerprint density at radius 1 is 0.556 bits per heavy atom. The monoisotopic (exact) mass is 224 g/mol. The van der Waals surface area contributed by atoms with E-state index in [-0.39, 0.29) is 0 Å².